The summed E-state index contributed by atoms with van der Waals surface area (Å²) < 4.78 is 27.3. The van der Waals surface area contributed by atoms with Gasteiger partial charge in [-0.05, 0) is 36.1 Å². The fourth-order valence-electron chi connectivity index (χ4n) is 2.66. The molecule has 2 N–H and O–H groups in total. The highest BCUT2D eigenvalue weighted by Gasteiger charge is 2.32. The Hall–Kier alpha value is -0.920. The molecule has 7 heteroatoms. The Kier molecular flexibility index (Phi) is 4.22. The second kappa shape index (κ2) is 5.46. The number of carboxylic acids is 1. The van der Waals surface area contributed by atoms with Crippen LogP contribution in [-0.2, 0) is 10.0 Å². The third-order valence-electron chi connectivity index (χ3n) is 3.88. The summed E-state index contributed by atoms with van der Waals surface area (Å²) in [6.07, 6.45) is 4.25. The molecule has 1 aromatic heterocycles. The molecule has 1 aliphatic rings. The van der Waals surface area contributed by atoms with Crippen molar-refractivity contribution in [2.45, 2.75) is 44.4 Å². The highest BCUT2D eigenvalue weighted by Crippen LogP contribution is 2.37. The van der Waals surface area contributed by atoms with Crippen molar-refractivity contribution >= 4 is 27.3 Å². The molecular formula is C13H19NO4S2. The van der Waals surface area contributed by atoms with Gasteiger partial charge in [-0.3, -0.25) is 0 Å². The van der Waals surface area contributed by atoms with E-state index in [1.807, 2.05) is 0 Å². The molecule has 0 saturated heterocycles. The predicted octanol–water partition coefficient (Wildman–Crippen LogP) is 2.61. The Morgan fingerprint density at radius 3 is 2.60 bits per heavy atom. The van der Waals surface area contributed by atoms with E-state index in [1.54, 1.807) is 12.3 Å². The number of aromatic carboxylic acids is 1. The summed E-state index contributed by atoms with van der Waals surface area (Å²) in [5.41, 5.74) is 0.469. The minimum Gasteiger partial charge on any atom is -0.477 e. The van der Waals surface area contributed by atoms with Crippen molar-refractivity contribution in [1.82, 2.24) is 4.72 Å². The van der Waals surface area contributed by atoms with Crippen molar-refractivity contribution in [2.24, 2.45) is 5.41 Å². The second-order valence-electron chi connectivity index (χ2n) is 5.72. The summed E-state index contributed by atoms with van der Waals surface area (Å²) in [6, 6.07) is 0. The molecule has 0 spiro atoms. The molecule has 1 aliphatic carbocycles. The van der Waals surface area contributed by atoms with Gasteiger partial charge < -0.3 is 5.11 Å². The van der Waals surface area contributed by atoms with Crippen molar-refractivity contribution < 1.29 is 18.3 Å². The van der Waals surface area contributed by atoms with Crippen molar-refractivity contribution in [2.75, 3.05) is 6.54 Å². The average Bonchev–Trinajstić information content (AvgIpc) is 2.94. The van der Waals surface area contributed by atoms with Crippen LogP contribution in [-0.4, -0.2) is 26.0 Å². The van der Waals surface area contributed by atoms with Gasteiger partial charge in [0.25, 0.3) is 0 Å². The van der Waals surface area contributed by atoms with E-state index in [1.165, 1.54) is 0 Å². The third-order valence-corrected chi connectivity index (χ3v) is 6.68. The summed E-state index contributed by atoms with van der Waals surface area (Å²) in [7, 11) is -3.77. The van der Waals surface area contributed by atoms with Gasteiger partial charge in [-0.15, -0.1) is 11.3 Å². The zero-order valence-electron chi connectivity index (χ0n) is 11.6. The summed E-state index contributed by atoms with van der Waals surface area (Å²) in [5, 5.41) is 10.7. The van der Waals surface area contributed by atoms with Crippen molar-refractivity contribution in [3.63, 3.8) is 0 Å². The maximum atomic E-state index is 12.4. The fourth-order valence-corrected chi connectivity index (χ4v) is 5.49. The maximum absolute atomic E-state index is 12.4. The number of carboxylic acid groups (broad SMARTS) is 1. The molecular weight excluding hydrogens is 298 g/mol. The number of sulfonamides is 1. The Morgan fingerprint density at radius 1 is 1.45 bits per heavy atom. The number of rotatable bonds is 5. The molecule has 112 valence electrons. The van der Waals surface area contributed by atoms with Crippen LogP contribution in [0.2, 0.25) is 0 Å². The molecule has 0 aliphatic heterocycles. The number of hydrogen-bond donors (Lipinski definition) is 2. The molecule has 0 radical (unpaired) electrons. The normalized spacial score (nSPS) is 18.3. The van der Waals surface area contributed by atoms with E-state index in [4.69, 9.17) is 5.11 Å². The van der Waals surface area contributed by atoms with E-state index in [-0.39, 0.29) is 15.2 Å². The molecule has 0 amide bonds. The lowest BCUT2D eigenvalue weighted by Gasteiger charge is -2.23. The number of thiophene rings is 1. The lowest BCUT2D eigenvalue weighted by Crippen LogP contribution is -2.34. The van der Waals surface area contributed by atoms with Crippen LogP contribution >= 0.6 is 11.3 Å². The highest BCUT2D eigenvalue weighted by molar-refractivity contribution is 7.89. The molecule has 0 bridgehead atoms. The fraction of sp³-hybridized carbons (Fsp3) is 0.615. The van der Waals surface area contributed by atoms with E-state index >= 15 is 0 Å². The first-order chi connectivity index (χ1) is 9.25. The quantitative estimate of drug-likeness (QED) is 0.874. The van der Waals surface area contributed by atoms with Crippen LogP contribution in [0.4, 0.5) is 0 Å². The van der Waals surface area contributed by atoms with Crippen LogP contribution < -0.4 is 4.72 Å². The lowest BCUT2D eigenvalue weighted by atomic mass is 9.89. The van der Waals surface area contributed by atoms with E-state index in [2.05, 4.69) is 11.6 Å². The van der Waals surface area contributed by atoms with Crippen LogP contribution in [0.25, 0.3) is 0 Å². The van der Waals surface area contributed by atoms with Gasteiger partial charge in [0.05, 0.1) is 0 Å². The van der Waals surface area contributed by atoms with Crippen LogP contribution in [0.15, 0.2) is 10.3 Å². The van der Waals surface area contributed by atoms with Gasteiger partial charge >= 0.3 is 5.97 Å². The molecule has 5 nitrogen and oxygen atoms in total. The van der Waals surface area contributed by atoms with Gasteiger partial charge in [0.1, 0.15) is 9.77 Å². The summed E-state index contributed by atoms with van der Waals surface area (Å²) in [4.78, 5) is 10.9. The molecule has 1 fully saturated rings. The van der Waals surface area contributed by atoms with Gasteiger partial charge in [0.15, 0.2) is 0 Å². The summed E-state index contributed by atoms with van der Waals surface area (Å²) >= 11 is 0.950. The number of hydrogen-bond acceptors (Lipinski definition) is 4. The Labute approximate surface area is 123 Å². The van der Waals surface area contributed by atoms with Gasteiger partial charge in [-0.25, -0.2) is 17.9 Å². The predicted molar refractivity (Wildman–Crippen MR) is 77.8 cm³/mol. The Morgan fingerprint density at radius 2 is 2.05 bits per heavy atom. The minimum atomic E-state index is -3.77. The van der Waals surface area contributed by atoms with Gasteiger partial charge in [-0.2, -0.15) is 0 Å². The molecule has 0 atom stereocenters. The monoisotopic (exact) mass is 317 g/mol. The van der Waals surface area contributed by atoms with E-state index in [0.717, 1.165) is 37.0 Å². The van der Waals surface area contributed by atoms with Crippen molar-refractivity contribution in [3.05, 3.63) is 15.8 Å². The molecule has 0 unspecified atom stereocenters. The van der Waals surface area contributed by atoms with Crippen LogP contribution in [0, 0.1) is 12.3 Å². The maximum Gasteiger partial charge on any atom is 0.347 e. The number of carbonyl (C=O) groups is 1. The van der Waals surface area contributed by atoms with Gasteiger partial charge in [0.2, 0.25) is 10.0 Å². The molecule has 1 heterocycles. The Bertz CT molecular complexity index is 612. The van der Waals surface area contributed by atoms with E-state index in [9.17, 15) is 13.2 Å². The molecule has 1 aromatic rings. The topological polar surface area (TPSA) is 83.5 Å². The highest BCUT2D eigenvalue weighted by atomic mass is 32.2. The Balaban J connectivity index is 2.22. The van der Waals surface area contributed by atoms with Gasteiger partial charge in [0, 0.05) is 6.54 Å². The second-order valence-corrected chi connectivity index (χ2v) is 8.31. The van der Waals surface area contributed by atoms with Crippen LogP contribution in [0.1, 0.15) is 47.8 Å². The number of nitrogens with one attached hydrogen (secondary N) is 1. The van der Waals surface area contributed by atoms with Crippen LogP contribution in [0.3, 0.4) is 0 Å². The largest absolute Gasteiger partial charge is 0.477 e. The molecule has 20 heavy (non-hydrogen) atoms. The summed E-state index contributed by atoms with van der Waals surface area (Å²) in [5.74, 6) is -1.20. The molecule has 2 rings (SSSR count). The standard InChI is InChI=1S/C13H19NO4S2/c1-9-7-19-10(12(15)16)11(9)20(17,18)14-8-13(2)5-3-4-6-13/h7,14H,3-6,8H2,1-2H3,(H,15,16). The van der Waals surface area contributed by atoms with Crippen molar-refractivity contribution in [1.29, 1.82) is 0 Å². The summed E-state index contributed by atoms with van der Waals surface area (Å²) in [6.45, 7) is 4.06. The zero-order valence-corrected chi connectivity index (χ0v) is 13.2. The zero-order chi connectivity index (χ0) is 15.0. The van der Waals surface area contributed by atoms with E-state index < -0.39 is 16.0 Å². The average molecular weight is 317 g/mol. The first-order valence-corrected chi connectivity index (χ1v) is 8.92. The first kappa shape index (κ1) is 15.5. The lowest BCUT2D eigenvalue weighted by molar-refractivity contribution is 0.0698. The van der Waals surface area contributed by atoms with E-state index in [0.29, 0.717) is 12.1 Å². The van der Waals surface area contributed by atoms with Crippen molar-refractivity contribution in [3.8, 4) is 0 Å². The smallest absolute Gasteiger partial charge is 0.347 e. The minimum absolute atomic E-state index is 0.0135. The van der Waals surface area contributed by atoms with Gasteiger partial charge in [-0.1, -0.05) is 19.8 Å². The van der Waals surface area contributed by atoms with Crippen LogP contribution in [0.5, 0.6) is 0 Å². The SMILES string of the molecule is Cc1csc(C(=O)O)c1S(=O)(=O)NCC1(C)CCCC1. The number of aryl methyl sites for hydroxylation is 1. The molecule has 0 aromatic carbocycles. The molecule has 1 saturated carbocycles. The third kappa shape index (κ3) is 3.05. The first-order valence-electron chi connectivity index (χ1n) is 6.56.